The molecule has 13 heavy (non-hydrogen) atoms. The Morgan fingerprint density at radius 1 is 1.54 bits per heavy atom. The van der Waals surface area contributed by atoms with Crippen molar-refractivity contribution in [2.45, 2.75) is 6.18 Å². The van der Waals surface area contributed by atoms with E-state index in [1.54, 1.807) is 0 Å². The second-order valence-corrected chi connectivity index (χ2v) is 2.13. The molecule has 0 saturated heterocycles. The van der Waals surface area contributed by atoms with E-state index in [1.165, 1.54) is 0 Å². The summed E-state index contributed by atoms with van der Waals surface area (Å²) in [5.41, 5.74) is -1.93. The van der Waals surface area contributed by atoms with Crippen molar-refractivity contribution < 1.29 is 18.0 Å². The fourth-order valence-corrected chi connectivity index (χ4v) is 0.674. The third-order valence-corrected chi connectivity index (χ3v) is 1.28. The summed E-state index contributed by atoms with van der Waals surface area (Å²) in [5, 5.41) is 0. The van der Waals surface area contributed by atoms with E-state index in [1.807, 2.05) is 0 Å². The van der Waals surface area contributed by atoms with Gasteiger partial charge in [0.15, 0.2) is 0 Å². The van der Waals surface area contributed by atoms with Crippen LogP contribution in [0.1, 0.15) is 5.56 Å². The van der Waals surface area contributed by atoms with E-state index < -0.39 is 17.4 Å². The normalized spacial score (nSPS) is 11.4. The molecule has 0 unspecified atom stereocenters. The zero-order valence-electron chi connectivity index (χ0n) is 6.50. The Morgan fingerprint density at radius 3 is 2.62 bits per heavy atom. The van der Waals surface area contributed by atoms with Crippen LogP contribution >= 0.6 is 0 Å². The van der Waals surface area contributed by atoms with E-state index in [-0.39, 0.29) is 0 Å². The number of hydrogen-bond donors (Lipinski definition) is 0. The molecule has 0 amide bonds. The van der Waals surface area contributed by atoms with Crippen LogP contribution in [0.5, 0.6) is 0 Å². The predicted octanol–water partition coefficient (Wildman–Crippen LogP) is 0.321. The van der Waals surface area contributed by atoms with Gasteiger partial charge in [0, 0.05) is 6.20 Å². The van der Waals surface area contributed by atoms with Gasteiger partial charge in [0.05, 0.1) is 11.8 Å². The van der Waals surface area contributed by atoms with E-state index >= 15 is 0 Å². The Bertz CT molecular complexity index is 358. The summed E-state index contributed by atoms with van der Waals surface area (Å²) >= 11 is 0. The van der Waals surface area contributed by atoms with Gasteiger partial charge in [-0.15, -0.1) is 4.73 Å². The molecule has 0 spiro atoms. The predicted molar refractivity (Wildman–Crippen MR) is 36.0 cm³/mol. The second kappa shape index (κ2) is 3.08. The summed E-state index contributed by atoms with van der Waals surface area (Å²) in [7, 11) is 1.07. The van der Waals surface area contributed by atoms with Crippen molar-refractivity contribution in [2.24, 2.45) is 0 Å². The molecule has 0 N–H and O–H groups in total. The zero-order valence-corrected chi connectivity index (χ0v) is 6.50. The topological polar surface area (TPSA) is 44.1 Å². The third-order valence-electron chi connectivity index (χ3n) is 1.28. The monoisotopic (exact) mass is 194 g/mol. The molecule has 1 aromatic rings. The highest BCUT2D eigenvalue weighted by atomic mass is 19.4. The number of hydrogen-bond acceptors (Lipinski definition) is 3. The molecule has 0 aromatic carbocycles. The molecule has 0 aliphatic carbocycles. The van der Waals surface area contributed by atoms with Crippen LogP contribution in [-0.4, -0.2) is 16.8 Å². The van der Waals surface area contributed by atoms with Gasteiger partial charge in [-0.3, -0.25) is 0 Å². The van der Waals surface area contributed by atoms with Crippen molar-refractivity contribution in [1.29, 1.82) is 0 Å². The molecule has 0 bridgehead atoms. The molecular weight excluding hydrogens is 189 g/mol. The molecule has 1 heterocycles. The van der Waals surface area contributed by atoms with E-state index in [0.717, 1.165) is 7.11 Å². The number of aromatic nitrogens is 2. The largest absolute Gasteiger partial charge is 0.419 e. The summed E-state index contributed by atoms with van der Waals surface area (Å²) in [6, 6.07) is 0. The molecule has 0 radical (unpaired) electrons. The summed E-state index contributed by atoms with van der Waals surface area (Å²) in [6.45, 7) is 0. The smallest absolute Gasteiger partial charge is 0.413 e. The van der Waals surface area contributed by atoms with Gasteiger partial charge in [0.1, 0.15) is 7.11 Å². The van der Waals surface area contributed by atoms with Crippen molar-refractivity contribution in [2.75, 3.05) is 7.11 Å². The summed E-state index contributed by atoms with van der Waals surface area (Å²) in [5.74, 6) is 0. The van der Waals surface area contributed by atoms with Crippen LogP contribution in [0, 0.1) is 0 Å². The molecule has 4 nitrogen and oxygen atoms in total. The van der Waals surface area contributed by atoms with Crippen LogP contribution in [0.25, 0.3) is 0 Å². The number of nitrogens with zero attached hydrogens (tertiary/aromatic N) is 2. The highest BCUT2D eigenvalue weighted by Gasteiger charge is 2.31. The highest BCUT2D eigenvalue weighted by Crippen LogP contribution is 2.27. The van der Waals surface area contributed by atoms with Crippen molar-refractivity contribution in [1.82, 2.24) is 9.71 Å². The molecule has 7 heteroatoms. The Balaban J connectivity index is 3.22. The lowest BCUT2D eigenvalue weighted by Gasteiger charge is -2.07. The van der Waals surface area contributed by atoms with Gasteiger partial charge in [0.2, 0.25) is 0 Å². The summed E-state index contributed by atoms with van der Waals surface area (Å²) in [6.07, 6.45) is -3.53. The minimum Gasteiger partial charge on any atom is -0.413 e. The van der Waals surface area contributed by atoms with Crippen LogP contribution in [0.3, 0.4) is 0 Å². The Morgan fingerprint density at radius 2 is 2.15 bits per heavy atom. The maximum atomic E-state index is 12.0. The summed E-state index contributed by atoms with van der Waals surface area (Å²) in [4.78, 5) is 18.0. The SMILES string of the molecule is COn1cc(C(F)(F)F)cnc1=O. The molecule has 72 valence electrons. The number of rotatable bonds is 1. The zero-order chi connectivity index (χ0) is 10.1. The Hall–Kier alpha value is -1.53. The fourth-order valence-electron chi connectivity index (χ4n) is 0.674. The van der Waals surface area contributed by atoms with Gasteiger partial charge in [-0.25, -0.2) is 4.79 Å². The maximum absolute atomic E-state index is 12.0. The first-order chi connectivity index (χ1) is 5.95. The van der Waals surface area contributed by atoms with Crippen molar-refractivity contribution in [3.63, 3.8) is 0 Å². The van der Waals surface area contributed by atoms with Gasteiger partial charge in [-0.05, 0) is 0 Å². The summed E-state index contributed by atoms with van der Waals surface area (Å²) < 4.78 is 36.5. The van der Waals surface area contributed by atoms with Crippen LogP contribution in [-0.2, 0) is 6.18 Å². The van der Waals surface area contributed by atoms with Gasteiger partial charge < -0.3 is 4.84 Å². The van der Waals surface area contributed by atoms with E-state index in [4.69, 9.17) is 0 Å². The molecular formula is C6H5F3N2O2. The van der Waals surface area contributed by atoms with E-state index in [0.29, 0.717) is 17.1 Å². The van der Waals surface area contributed by atoms with Crippen molar-refractivity contribution in [3.05, 3.63) is 28.4 Å². The van der Waals surface area contributed by atoms with Crippen molar-refractivity contribution in [3.8, 4) is 0 Å². The standard InChI is InChI=1S/C6H5F3N2O2/c1-13-11-3-4(6(7,8)9)2-10-5(11)12/h2-3H,1H3. The Labute approximate surface area is 70.5 Å². The van der Waals surface area contributed by atoms with E-state index in [2.05, 4.69) is 9.82 Å². The molecule has 0 fully saturated rings. The minimum atomic E-state index is -4.53. The first-order valence-electron chi connectivity index (χ1n) is 3.15. The molecule has 1 aromatic heterocycles. The maximum Gasteiger partial charge on any atom is 0.419 e. The Kier molecular flexibility index (Phi) is 2.26. The second-order valence-electron chi connectivity index (χ2n) is 2.13. The quantitative estimate of drug-likeness (QED) is 0.646. The first kappa shape index (κ1) is 9.56. The highest BCUT2D eigenvalue weighted by molar-refractivity contribution is 5.07. The lowest BCUT2D eigenvalue weighted by atomic mass is 10.3. The van der Waals surface area contributed by atoms with Crippen molar-refractivity contribution >= 4 is 0 Å². The lowest BCUT2D eigenvalue weighted by Crippen LogP contribution is -2.28. The number of alkyl halides is 3. The average Bonchev–Trinajstić information content (AvgIpc) is 2.03. The molecule has 1 rings (SSSR count). The lowest BCUT2D eigenvalue weighted by molar-refractivity contribution is -0.139. The van der Waals surface area contributed by atoms with Gasteiger partial charge in [-0.1, -0.05) is 0 Å². The average molecular weight is 194 g/mol. The number of halogens is 3. The van der Waals surface area contributed by atoms with Crippen LogP contribution in [0.15, 0.2) is 17.2 Å². The van der Waals surface area contributed by atoms with Crippen LogP contribution in [0.2, 0.25) is 0 Å². The van der Waals surface area contributed by atoms with Crippen LogP contribution in [0.4, 0.5) is 13.2 Å². The first-order valence-corrected chi connectivity index (χ1v) is 3.15. The van der Waals surface area contributed by atoms with Gasteiger partial charge in [-0.2, -0.15) is 18.2 Å². The molecule has 0 aliphatic rings. The molecule has 0 atom stereocenters. The fraction of sp³-hybridized carbons (Fsp3) is 0.333. The third kappa shape index (κ3) is 1.98. The molecule has 0 aliphatic heterocycles. The minimum absolute atomic E-state index is 0.406. The van der Waals surface area contributed by atoms with Gasteiger partial charge >= 0.3 is 11.9 Å². The van der Waals surface area contributed by atoms with Gasteiger partial charge in [0.25, 0.3) is 0 Å². The van der Waals surface area contributed by atoms with E-state index in [9.17, 15) is 18.0 Å². The molecule has 0 saturated carbocycles. The van der Waals surface area contributed by atoms with Crippen LogP contribution < -0.4 is 10.5 Å².